The molecule has 1 heterocycles. The number of Topliss-reactive ketones (excluding diaryl/α,β-unsaturated/α-hetero) is 1. The molecular weight excluding hydrogens is 330 g/mol. The van der Waals surface area contributed by atoms with E-state index in [0.717, 1.165) is 48.1 Å². The first-order valence-electron chi connectivity index (χ1n) is 7.92. The van der Waals surface area contributed by atoms with Crippen LogP contribution in [0.15, 0.2) is 4.47 Å². The molecule has 0 spiro atoms. The Morgan fingerprint density at radius 2 is 2.00 bits per heavy atom. The molecule has 1 aromatic rings. The minimum atomic E-state index is 0.0842. The first-order chi connectivity index (χ1) is 9.90. The lowest BCUT2D eigenvalue weighted by atomic mass is 9.95. The second-order valence-corrected chi connectivity index (χ2v) is 6.62. The molecule has 0 saturated carbocycles. The third kappa shape index (κ3) is 5.22. The van der Waals surface area contributed by atoms with E-state index in [2.05, 4.69) is 34.9 Å². The predicted molar refractivity (Wildman–Crippen MR) is 90.4 cm³/mol. The molecule has 0 aliphatic rings. The van der Waals surface area contributed by atoms with Crippen molar-refractivity contribution in [3.05, 3.63) is 15.9 Å². The summed E-state index contributed by atoms with van der Waals surface area (Å²) >= 11 is 3.60. The first-order valence-corrected chi connectivity index (χ1v) is 8.72. The number of halogens is 1. The second kappa shape index (κ2) is 8.69. The fraction of sp³-hybridized carbons (Fsp3) is 0.750. The summed E-state index contributed by atoms with van der Waals surface area (Å²) in [4.78, 5) is 12.4. The lowest BCUT2D eigenvalue weighted by molar-refractivity contribution is -0.122. The van der Waals surface area contributed by atoms with Crippen LogP contribution in [0.3, 0.4) is 0 Å². The second-order valence-electron chi connectivity index (χ2n) is 5.83. The van der Waals surface area contributed by atoms with E-state index in [-0.39, 0.29) is 17.7 Å². The number of ketones is 1. The molecule has 2 N–H and O–H groups in total. The number of aryl methyl sites for hydroxylation is 2. The Balaban J connectivity index is 2.67. The van der Waals surface area contributed by atoms with E-state index in [0.29, 0.717) is 6.42 Å². The molecule has 4 nitrogen and oxygen atoms in total. The highest BCUT2D eigenvalue weighted by Crippen LogP contribution is 2.24. The number of carbonyl (C=O) groups is 1. The average Bonchev–Trinajstić information content (AvgIpc) is 2.74. The van der Waals surface area contributed by atoms with Crippen LogP contribution in [-0.2, 0) is 24.2 Å². The quantitative estimate of drug-likeness (QED) is 0.735. The Hall–Kier alpha value is -0.680. The van der Waals surface area contributed by atoms with Gasteiger partial charge in [0, 0.05) is 24.9 Å². The van der Waals surface area contributed by atoms with Gasteiger partial charge in [0.2, 0.25) is 0 Å². The van der Waals surface area contributed by atoms with Gasteiger partial charge >= 0.3 is 0 Å². The Kier molecular flexibility index (Phi) is 7.60. The number of hydrogen-bond acceptors (Lipinski definition) is 3. The van der Waals surface area contributed by atoms with Crippen LogP contribution in [0, 0.1) is 5.92 Å². The van der Waals surface area contributed by atoms with Gasteiger partial charge in [-0.15, -0.1) is 0 Å². The van der Waals surface area contributed by atoms with Crippen LogP contribution in [0.25, 0.3) is 0 Å². The topological polar surface area (TPSA) is 60.9 Å². The molecule has 1 rings (SSSR count). The van der Waals surface area contributed by atoms with Gasteiger partial charge in [0.25, 0.3) is 0 Å². The van der Waals surface area contributed by atoms with Gasteiger partial charge in [-0.25, -0.2) is 0 Å². The van der Waals surface area contributed by atoms with Crippen molar-refractivity contribution in [1.29, 1.82) is 0 Å². The van der Waals surface area contributed by atoms with E-state index in [4.69, 9.17) is 5.73 Å². The Bertz CT molecular complexity index is 468. The maximum absolute atomic E-state index is 12.4. The zero-order chi connectivity index (χ0) is 16.0. The summed E-state index contributed by atoms with van der Waals surface area (Å²) in [6.07, 6.45) is 4.24. The van der Waals surface area contributed by atoms with E-state index in [9.17, 15) is 4.79 Å². The number of hydrogen-bond donors (Lipinski definition) is 1. The standard InChI is InChI=1S/C16H28BrN3O/c1-5-13-16(17)14(20(6-2)19-13)10-15(21)11(3)8-7-9-12(4)18/h11-12H,5-10,18H2,1-4H3. The smallest absolute Gasteiger partial charge is 0.141 e. The zero-order valence-corrected chi connectivity index (χ0v) is 15.2. The summed E-state index contributed by atoms with van der Waals surface area (Å²) in [6, 6.07) is 0.218. The molecule has 0 amide bonds. The van der Waals surface area contributed by atoms with E-state index in [1.165, 1.54) is 0 Å². The van der Waals surface area contributed by atoms with Gasteiger partial charge < -0.3 is 5.73 Å². The molecule has 2 atom stereocenters. The van der Waals surface area contributed by atoms with E-state index in [1.54, 1.807) is 0 Å². The monoisotopic (exact) mass is 357 g/mol. The summed E-state index contributed by atoms with van der Waals surface area (Å²) in [5.74, 6) is 0.374. The van der Waals surface area contributed by atoms with E-state index < -0.39 is 0 Å². The summed E-state index contributed by atoms with van der Waals surface area (Å²) < 4.78 is 2.94. The lowest BCUT2D eigenvalue weighted by Gasteiger charge is -2.12. The molecule has 0 aliphatic heterocycles. The molecule has 120 valence electrons. The van der Waals surface area contributed by atoms with Crippen molar-refractivity contribution >= 4 is 21.7 Å². The zero-order valence-electron chi connectivity index (χ0n) is 13.7. The van der Waals surface area contributed by atoms with Gasteiger partial charge in [-0.2, -0.15) is 5.10 Å². The maximum atomic E-state index is 12.4. The minimum absolute atomic E-state index is 0.0842. The number of nitrogens with zero attached hydrogens (tertiary/aromatic N) is 2. The highest BCUT2D eigenvalue weighted by Gasteiger charge is 2.20. The van der Waals surface area contributed by atoms with Crippen molar-refractivity contribution < 1.29 is 4.79 Å². The van der Waals surface area contributed by atoms with E-state index >= 15 is 0 Å². The van der Waals surface area contributed by atoms with E-state index in [1.807, 2.05) is 18.5 Å². The van der Waals surface area contributed by atoms with Gasteiger partial charge in [0.1, 0.15) is 5.78 Å². The lowest BCUT2D eigenvalue weighted by Crippen LogP contribution is -2.18. The Labute approximate surface area is 136 Å². The highest BCUT2D eigenvalue weighted by atomic mass is 79.9. The van der Waals surface area contributed by atoms with Gasteiger partial charge in [-0.1, -0.05) is 20.3 Å². The third-order valence-corrected chi connectivity index (χ3v) is 4.80. The molecular formula is C16H28BrN3O. The van der Waals surface area contributed by atoms with Gasteiger partial charge in [-0.3, -0.25) is 9.48 Å². The van der Waals surface area contributed by atoms with Gasteiger partial charge in [0.15, 0.2) is 0 Å². The van der Waals surface area contributed by atoms with Crippen molar-refractivity contribution in [2.75, 3.05) is 0 Å². The van der Waals surface area contributed by atoms with Crippen LogP contribution in [0.2, 0.25) is 0 Å². The van der Waals surface area contributed by atoms with Crippen molar-refractivity contribution in [2.24, 2.45) is 11.7 Å². The summed E-state index contributed by atoms with van der Waals surface area (Å²) in [7, 11) is 0. The fourth-order valence-electron chi connectivity index (χ4n) is 2.43. The largest absolute Gasteiger partial charge is 0.328 e. The van der Waals surface area contributed by atoms with Crippen molar-refractivity contribution in [3.63, 3.8) is 0 Å². The normalized spacial score (nSPS) is 14.2. The number of nitrogens with two attached hydrogens (primary N) is 1. The number of rotatable bonds is 9. The molecule has 0 bridgehead atoms. The maximum Gasteiger partial charge on any atom is 0.141 e. The van der Waals surface area contributed by atoms with Crippen LogP contribution in [0.5, 0.6) is 0 Å². The van der Waals surface area contributed by atoms with Crippen molar-refractivity contribution in [2.45, 2.75) is 72.4 Å². The molecule has 0 aromatic carbocycles. The minimum Gasteiger partial charge on any atom is -0.328 e. The average molecular weight is 358 g/mol. The molecule has 21 heavy (non-hydrogen) atoms. The molecule has 5 heteroatoms. The fourth-order valence-corrected chi connectivity index (χ4v) is 3.14. The number of carbonyl (C=O) groups excluding carboxylic acids is 1. The molecule has 1 aromatic heterocycles. The van der Waals surface area contributed by atoms with Crippen LogP contribution in [0.1, 0.15) is 58.3 Å². The van der Waals surface area contributed by atoms with Crippen LogP contribution >= 0.6 is 15.9 Å². The SMILES string of the molecule is CCc1nn(CC)c(CC(=O)C(C)CCCC(C)N)c1Br. The Morgan fingerprint density at radius 1 is 1.33 bits per heavy atom. The predicted octanol–water partition coefficient (Wildman–Crippen LogP) is 3.49. The van der Waals surface area contributed by atoms with Crippen molar-refractivity contribution in [1.82, 2.24) is 9.78 Å². The van der Waals surface area contributed by atoms with Gasteiger partial charge in [0.05, 0.1) is 15.9 Å². The number of aromatic nitrogens is 2. The highest BCUT2D eigenvalue weighted by molar-refractivity contribution is 9.10. The Morgan fingerprint density at radius 3 is 2.52 bits per heavy atom. The van der Waals surface area contributed by atoms with Crippen LogP contribution in [-0.4, -0.2) is 21.6 Å². The van der Waals surface area contributed by atoms with Crippen LogP contribution in [0.4, 0.5) is 0 Å². The molecule has 2 unspecified atom stereocenters. The van der Waals surface area contributed by atoms with Gasteiger partial charge in [-0.05, 0) is 49.0 Å². The molecule has 0 radical (unpaired) electrons. The summed E-state index contributed by atoms with van der Waals surface area (Å²) in [5.41, 5.74) is 7.80. The third-order valence-electron chi connectivity index (χ3n) is 3.88. The van der Waals surface area contributed by atoms with Crippen molar-refractivity contribution in [3.8, 4) is 0 Å². The molecule has 0 fully saturated rings. The first kappa shape index (κ1) is 18.4. The molecule has 0 saturated heterocycles. The molecule has 0 aliphatic carbocycles. The summed E-state index contributed by atoms with van der Waals surface area (Å²) in [5, 5.41) is 4.55. The van der Waals surface area contributed by atoms with Crippen LogP contribution < -0.4 is 5.73 Å². The summed E-state index contributed by atoms with van der Waals surface area (Å²) in [6.45, 7) is 8.95.